The van der Waals surface area contributed by atoms with Gasteiger partial charge < -0.3 is 5.32 Å². The van der Waals surface area contributed by atoms with Gasteiger partial charge in [0.2, 0.25) is 10.0 Å². The molecule has 6 heteroatoms. The third-order valence-corrected chi connectivity index (χ3v) is 6.08. The number of sulfonamides is 1. The molecule has 0 spiro atoms. The fourth-order valence-corrected chi connectivity index (χ4v) is 3.92. The van der Waals surface area contributed by atoms with E-state index in [4.69, 9.17) is 0 Å². The van der Waals surface area contributed by atoms with Crippen LogP contribution in [0.2, 0.25) is 0 Å². The first-order chi connectivity index (χ1) is 11.5. The SMILES string of the molecule is Cc1cc(C)c(NC(=O)c2ccc(C)c(S(=O)(=O)N(C)C)c2)c(C)c1. The molecule has 25 heavy (non-hydrogen) atoms. The highest BCUT2D eigenvalue weighted by atomic mass is 32.2. The molecular formula is C19H24N2O3S. The third-order valence-electron chi connectivity index (χ3n) is 4.12. The largest absolute Gasteiger partial charge is 0.322 e. The number of carbonyl (C=O) groups is 1. The van der Waals surface area contributed by atoms with Crippen molar-refractivity contribution in [1.82, 2.24) is 4.31 Å². The predicted octanol–water partition coefficient (Wildman–Crippen LogP) is 3.42. The van der Waals surface area contributed by atoms with Crippen molar-refractivity contribution in [2.45, 2.75) is 32.6 Å². The summed E-state index contributed by atoms with van der Waals surface area (Å²) < 4.78 is 26.0. The average Bonchev–Trinajstić information content (AvgIpc) is 2.50. The summed E-state index contributed by atoms with van der Waals surface area (Å²) in [4.78, 5) is 12.8. The zero-order valence-corrected chi connectivity index (χ0v) is 16.3. The minimum Gasteiger partial charge on any atom is -0.322 e. The van der Waals surface area contributed by atoms with E-state index in [1.807, 2.05) is 32.9 Å². The molecule has 0 unspecified atom stereocenters. The lowest BCUT2D eigenvalue weighted by Gasteiger charge is -2.16. The first-order valence-electron chi connectivity index (χ1n) is 7.96. The Hall–Kier alpha value is -2.18. The van der Waals surface area contributed by atoms with Crippen LogP contribution in [0, 0.1) is 27.7 Å². The summed E-state index contributed by atoms with van der Waals surface area (Å²) in [7, 11) is -0.660. The van der Waals surface area contributed by atoms with Crippen LogP contribution in [0.25, 0.3) is 0 Å². The molecule has 0 aliphatic rings. The number of rotatable bonds is 4. The maximum Gasteiger partial charge on any atom is 0.255 e. The van der Waals surface area contributed by atoms with Crippen LogP contribution in [0.5, 0.6) is 0 Å². The number of hydrogen-bond acceptors (Lipinski definition) is 3. The van der Waals surface area contributed by atoms with Gasteiger partial charge in [0, 0.05) is 25.3 Å². The highest BCUT2D eigenvalue weighted by Gasteiger charge is 2.21. The number of benzene rings is 2. The summed E-state index contributed by atoms with van der Waals surface area (Å²) in [5.41, 5.74) is 4.74. The van der Waals surface area contributed by atoms with Gasteiger partial charge in [-0.15, -0.1) is 0 Å². The Balaban J connectivity index is 2.42. The molecule has 0 atom stereocenters. The minimum absolute atomic E-state index is 0.141. The van der Waals surface area contributed by atoms with E-state index in [1.54, 1.807) is 19.1 Å². The summed E-state index contributed by atoms with van der Waals surface area (Å²) >= 11 is 0. The maximum absolute atomic E-state index is 12.6. The Labute approximate surface area is 149 Å². The fourth-order valence-electron chi connectivity index (χ4n) is 2.78. The van der Waals surface area contributed by atoms with Crippen molar-refractivity contribution >= 4 is 21.6 Å². The number of anilines is 1. The smallest absolute Gasteiger partial charge is 0.255 e. The average molecular weight is 360 g/mol. The van der Waals surface area contributed by atoms with E-state index in [0.29, 0.717) is 11.1 Å². The van der Waals surface area contributed by atoms with Gasteiger partial charge in [0.25, 0.3) is 5.91 Å². The van der Waals surface area contributed by atoms with Crippen molar-refractivity contribution in [3.8, 4) is 0 Å². The van der Waals surface area contributed by atoms with E-state index < -0.39 is 10.0 Å². The molecule has 0 radical (unpaired) electrons. The van der Waals surface area contributed by atoms with Crippen LogP contribution < -0.4 is 5.32 Å². The van der Waals surface area contributed by atoms with E-state index in [0.717, 1.165) is 26.7 Å². The van der Waals surface area contributed by atoms with Crippen LogP contribution in [0.4, 0.5) is 5.69 Å². The lowest BCUT2D eigenvalue weighted by atomic mass is 10.0. The van der Waals surface area contributed by atoms with E-state index in [-0.39, 0.29) is 10.8 Å². The van der Waals surface area contributed by atoms with Gasteiger partial charge in [-0.1, -0.05) is 23.8 Å². The van der Waals surface area contributed by atoms with Crippen LogP contribution in [0.3, 0.4) is 0 Å². The molecular weight excluding hydrogens is 336 g/mol. The zero-order valence-electron chi connectivity index (χ0n) is 15.5. The zero-order chi connectivity index (χ0) is 18.9. The molecule has 0 bridgehead atoms. The second-order valence-electron chi connectivity index (χ2n) is 6.50. The van der Waals surface area contributed by atoms with Gasteiger partial charge >= 0.3 is 0 Å². The second-order valence-corrected chi connectivity index (χ2v) is 8.62. The van der Waals surface area contributed by atoms with E-state index in [2.05, 4.69) is 5.32 Å². The Morgan fingerprint density at radius 1 is 0.920 bits per heavy atom. The lowest BCUT2D eigenvalue weighted by Crippen LogP contribution is -2.24. The monoisotopic (exact) mass is 360 g/mol. The standard InChI is InChI=1S/C19H24N2O3S/c1-12-9-14(3)18(15(4)10-12)20-19(22)16-8-7-13(2)17(11-16)25(23,24)21(5)6/h7-11H,1-6H3,(H,20,22). The number of aryl methyl sites for hydroxylation is 4. The van der Waals surface area contributed by atoms with Crippen LogP contribution in [0.15, 0.2) is 35.2 Å². The molecule has 0 fully saturated rings. The van der Waals surface area contributed by atoms with Crippen molar-refractivity contribution in [2.75, 3.05) is 19.4 Å². The number of nitrogens with one attached hydrogen (secondary N) is 1. The van der Waals surface area contributed by atoms with Crippen LogP contribution in [-0.4, -0.2) is 32.7 Å². The van der Waals surface area contributed by atoms with E-state index >= 15 is 0 Å². The summed E-state index contributed by atoms with van der Waals surface area (Å²) in [6, 6.07) is 8.72. The second kappa shape index (κ2) is 6.98. The summed E-state index contributed by atoms with van der Waals surface area (Å²) in [6.07, 6.45) is 0. The van der Waals surface area contributed by atoms with Crippen molar-refractivity contribution < 1.29 is 13.2 Å². The molecule has 0 heterocycles. The van der Waals surface area contributed by atoms with Gasteiger partial charge in [0.05, 0.1) is 4.90 Å². The summed E-state index contributed by atoms with van der Waals surface area (Å²) in [5, 5.41) is 2.90. The summed E-state index contributed by atoms with van der Waals surface area (Å²) in [6.45, 7) is 7.59. The van der Waals surface area contributed by atoms with Gasteiger partial charge in [-0.3, -0.25) is 4.79 Å². The number of hydrogen-bond donors (Lipinski definition) is 1. The Bertz CT molecular complexity index is 909. The molecule has 0 aromatic heterocycles. The molecule has 0 saturated heterocycles. The topological polar surface area (TPSA) is 66.5 Å². The van der Waals surface area contributed by atoms with Gasteiger partial charge in [-0.05, 0) is 56.5 Å². The van der Waals surface area contributed by atoms with Crippen LogP contribution in [-0.2, 0) is 10.0 Å². The lowest BCUT2D eigenvalue weighted by molar-refractivity contribution is 0.102. The van der Waals surface area contributed by atoms with Crippen LogP contribution >= 0.6 is 0 Å². The normalized spacial score (nSPS) is 11.6. The molecule has 0 saturated carbocycles. The minimum atomic E-state index is -3.61. The molecule has 1 N–H and O–H groups in total. The van der Waals surface area contributed by atoms with Crippen molar-refractivity contribution in [3.05, 3.63) is 58.1 Å². The fraction of sp³-hybridized carbons (Fsp3) is 0.316. The molecule has 0 aliphatic heterocycles. The van der Waals surface area contributed by atoms with E-state index in [9.17, 15) is 13.2 Å². The number of nitrogens with zero attached hydrogens (tertiary/aromatic N) is 1. The first-order valence-corrected chi connectivity index (χ1v) is 9.40. The van der Waals surface area contributed by atoms with Gasteiger partial charge in [0.15, 0.2) is 0 Å². The number of amides is 1. The third kappa shape index (κ3) is 3.91. The highest BCUT2D eigenvalue weighted by Crippen LogP contribution is 2.24. The van der Waals surface area contributed by atoms with Gasteiger partial charge in [-0.2, -0.15) is 0 Å². The van der Waals surface area contributed by atoms with Gasteiger partial charge in [-0.25, -0.2) is 12.7 Å². The quantitative estimate of drug-likeness (QED) is 0.908. The summed E-state index contributed by atoms with van der Waals surface area (Å²) in [5.74, 6) is -0.328. The Morgan fingerprint density at radius 3 is 2.00 bits per heavy atom. The van der Waals surface area contributed by atoms with E-state index in [1.165, 1.54) is 20.2 Å². The maximum atomic E-state index is 12.6. The Morgan fingerprint density at radius 2 is 1.48 bits per heavy atom. The van der Waals surface area contributed by atoms with Crippen molar-refractivity contribution in [1.29, 1.82) is 0 Å². The van der Waals surface area contributed by atoms with Crippen molar-refractivity contribution in [2.24, 2.45) is 0 Å². The molecule has 134 valence electrons. The molecule has 1 amide bonds. The first kappa shape index (κ1) is 19.1. The molecule has 2 rings (SSSR count). The van der Waals surface area contributed by atoms with Crippen molar-refractivity contribution in [3.63, 3.8) is 0 Å². The van der Waals surface area contributed by atoms with Gasteiger partial charge in [0.1, 0.15) is 0 Å². The molecule has 0 aliphatic carbocycles. The predicted molar refractivity (Wildman–Crippen MR) is 101 cm³/mol. The number of carbonyl (C=O) groups excluding carboxylic acids is 1. The molecule has 2 aromatic carbocycles. The molecule has 2 aromatic rings. The molecule has 5 nitrogen and oxygen atoms in total. The highest BCUT2D eigenvalue weighted by molar-refractivity contribution is 7.89. The Kier molecular flexibility index (Phi) is 5.34. The van der Waals surface area contributed by atoms with Crippen LogP contribution in [0.1, 0.15) is 32.6 Å².